The van der Waals surface area contributed by atoms with Crippen molar-refractivity contribution in [3.8, 4) is 0 Å². The van der Waals surface area contributed by atoms with E-state index in [1.165, 1.54) is 11.1 Å². The molecule has 2 saturated heterocycles. The quantitative estimate of drug-likeness (QED) is 0.605. The Labute approximate surface area is 158 Å². The van der Waals surface area contributed by atoms with E-state index in [1.54, 1.807) is 0 Å². The fourth-order valence-corrected chi connectivity index (χ4v) is 3.59. The third-order valence-electron chi connectivity index (χ3n) is 6.28. The number of rotatable bonds is 10. The Hall–Kier alpha value is -0.940. The molecule has 2 aliphatic heterocycles. The number of hydrogen-bond donors (Lipinski definition) is 0. The van der Waals surface area contributed by atoms with Crippen LogP contribution in [0.4, 0.5) is 0 Å². The third kappa shape index (κ3) is 4.14. The average Bonchev–Trinajstić information content (AvgIpc) is 2.60. The molecule has 0 amide bonds. The zero-order chi connectivity index (χ0) is 18.6. The molecule has 0 saturated carbocycles. The molecule has 0 radical (unpaired) electrons. The van der Waals surface area contributed by atoms with Crippen LogP contribution in [-0.4, -0.2) is 39.6 Å². The Morgan fingerprint density at radius 2 is 1.19 bits per heavy atom. The van der Waals surface area contributed by atoms with E-state index in [0.29, 0.717) is 0 Å². The highest BCUT2D eigenvalue weighted by Crippen LogP contribution is 2.36. The van der Waals surface area contributed by atoms with Gasteiger partial charge in [-0.15, -0.1) is 0 Å². The summed E-state index contributed by atoms with van der Waals surface area (Å²) in [4.78, 5) is 0. The molecule has 1 aromatic rings. The second-order valence-electron chi connectivity index (χ2n) is 8.23. The van der Waals surface area contributed by atoms with Gasteiger partial charge in [0.2, 0.25) is 0 Å². The van der Waals surface area contributed by atoms with Crippen molar-refractivity contribution in [2.75, 3.05) is 39.6 Å². The molecule has 0 aromatic heterocycles. The van der Waals surface area contributed by atoms with Crippen LogP contribution in [0.25, 0.3) is 0 Å². The van der Waals surface area contributed by atoms with Crippen molar-refractivity contribution in [3.63, 3.8) is 0 Å². The minimum absolute atomic E-state index is 0.0495. The molecule has 2 aliphatic rings. The fraction of sp³-hybridized carbons (Fsp3) is 0.727. The summed E-state index contributed by atoms with van der Waals surface area (Å²) in [6, 6.07) is 8.50. The van der Waals surface area contributed by atoms with Gasteiger partial charge in [-0.1, -0.05) is 38.1 Å². The van der Waals surface area contributed by atoms with Crippen LogP contribution < -0.4 is 0 Å². The van der Waals surface area contributed by atoms with Gasteiger partial charge in [0.05, 0.1) is 51.8 Å². The molecule has 0 N–H and O–H groups in total. The molecule has 4 nitrogen and oxygen atoms in total. The van der Waals surface area contributed by atoms with E-state index >= 15 is 0 Å². The van der Waals surface area contributed by atoms with Crippen LogP contribution >= 0.6 is 0 Å². The van der Waals surface area contributed by atoms with Crippen molar-refractivity contribution in [3.05, 3.63) is 35.4 Å². The van der Waals surface area contributed by atoms with Gasteiger partial charge in [0.1, 0.15) is 0 Å². The zero-order valence-electron chi connectivity index (χ0n) is 16.8. The summed E-state index contributed by atoms with van der Waals surface area (Å²) in [6.07, 6.45) is 2.30. The first-order valence-electron chi connectivity index (χ1n) is 10.0. The highest BCUT2D eigenvalue weighted by molar-refractivity contribution is 5.30. The molecular formula is C22H34O4. The second-order valence-corrected chi connectivity index (χ2v) is 8.23. The number of ether oxygens (including phenoxy) is 4. The molecule has 0 spiro atoms. The van der Waals surface area contributed by atoms with Crippen LogP contribution in [0.15, 0.2) is 24.3 Å². The van der Waals surface area contributed by atoms with Crippen molar-refractivity contribution >= 4 is 0 Å². The van der Waals surface area contributed by atoms with Gasteiger partial charge in [-0.3, -0.25) is 0 Å². The summed E-state index contributed by atoms with van der Waals surface area (Å²) in [7, 11) is 0. The summed E-state index contributed by atoms with van der Waals surface area (Å²) >= 11 is 0. The maximum atomic E-state index is 6.26. The summed E-state index contributed by atoms with van der Waals surface area (Å²) in [5, 5.41) is 0. The van der Waals surface area contributed by atoms with Crippen molar-refractivity contribution in [2.24, 2.45) is 10.8 Å². The van der Waals surface area contributed by atoms with Crippen LogP contribution in [0.5, 0.6) is 0 Å². The molecule has 26 heavy (non-hydrogen) atoms. The second kappa shape index (κ2) is 8.39. The summed E-state index contributed by atoms with van der Waals surface area (Å²) in [5.41, 5.74) is 2.87. The van der Waals surface area contributed by atoms with Crippen LogP contribution in [0.2, 0.25) is 0 Å². The smallest absolute Gasteiger partial charge is 0.0800 e. The Bertz CT molecular complexity index is 515. The largest absolute Gasteiger partial charge is 0.380 e. The lowest BCUT2D eigenvalue weighted by Gasteiger charge is -2.41. The minimum Gasteiger partial charge on any atom is -0.380 e. The highest BCUT2D eigenvalue weighted by atomic mass is 16.5. The molecule has 2 unspecified atom stereocenters. The molecule has 0 bridgehead atoms. The van der Waals surface area contributed by atoms with Gasteiger partial charge < -0.3 is 18.9 Å². The first-order valence-corrected chi connectivity index (χ1v) is 10.0. The predicted octanol–water partition coefficient (Wildman–Crippen LogP) is 4.70. The van der Waals surface area contributed by atoms with Crippen LogP contribution in [0.1, 0.15) is 63.9 Å². The third-order valence-corrected chi connectivity index (χ3v) is 6.28. The summed E-state index contributed by atoms with van der Waals surface area (Å²) in [6.45, 7) is 13.5. The van der Waals surface area contributed by atoms with Gasteiger partial charge in [0.15, 0.2) is 0 Å². The normalized spacial score (nSPS) is 22.9. The Balaban J connectivity index is 1.61. The van der Waals surface area contributed by atoms with E-state index in [1.807, 2.05) is 0 Å². The van der Waals surface area contributed by atoms with Crippen LogP contribution in [0, 0.1) is 10.8 Å². The van der Waals surface area contributed by atoms with E-state index < -0.39 is 0 Å². The molecular weight excluding hydrogens is 328 g/mol. The van der Waals surface area contributed by atoms with Crippen LogP contribution in [-0.2, 0) is 18.9 Å². The van der Waals surface area contributed by atoms with E-state index in [9.17, 15) is 0 Å². The highest BCUT2D eigenvalue weighted by Gasteiger charge is 2.38. The molecule has 3 rings (SSSR count). The lowest BCUT2D eigenvalue weighted by atomic mass is 9.84. The molecule has 146 valence electrons. The van der Waals surface area contributed by atoms with Crippen molar-refractivity contribution < 1.29 is 18.9 Å². The first kappa shape index (κ1) is 19.8. The fourth-order valence-electron chi connectivity index (χ4n) is 3.59. The van der Waals surface area contributed by atoms with Crippen molar-refractivity contribution in [1.29, 1.82) is 0 Å². The number of benzene rings is 1. The van der Waals surface area contributed by atoms with Crippen molar-refractivity contribution in [2.45, 2.75) is 52.7 Å². The molecule has 1 aromatic carbocycles. The van der Waals surface area contributed by atoms with Gasteiger partial charge in [-0.2, -0.15) is 0 Å². The molecule has 0 aliphatic carbocycles. The molecule has 4 heteroatoms. The summed E-state index contributed by atoms with van der Waals surface area (Å²) < 4.78 is 23.3. The van der Waals surface area contributed by atoms with Crippen molar-refractivity contribution in [1.82, 2.24) is 0 Å². The summed E-state index contributed by atoms with van der Waals surface area (Å²) in [5.74, 6) is 0. The first-order chi connectivity index (χ1) is 12.5. The van der Waals surface area contributed by atoms with Gasteiger partial charge in [-0.05, 0) is 37.8 Å². The Kier molecular flexibility index (Phi) is 6.39. The van der Waals surface area contributed by atoms with Crippen LogP contribution in [0.3, 0.4) is 0 Å². The lowest BCUT2D eigenvalue weighted by molar-refractivity contribution is -0.161. The van der Waals surface area contributed by atoms with E-state index in [0.717, 1.165) is 52.5 Å². The van der Waals surface area contributed by atoms with Gasteiger partial charge in [0, 0.05) is 10.8 Å². The van der Waals surface area contributed by atoms with E-state index in [-0.39, 0.29) is 23.0 Å². The zero-order valence-corrected chi connectivity index (χ0v) is 16.8. The topological polar surface area (TPSA) is 36.9 Å². The SMILES string of the molecule is CCC1(COC(C)c2ccccc2C(C)OCC2(CC)COC2)COC1. The molecule has 2 fully saturated rings. The van der Waals surface area contributed by atoms with E-state index in [4.69, 9.17) is 18.9 Å². The minimum atomic E-state index is 0.0495. The van der Waals surface area contributed by atoms with E-state index in [2.05, 4.69) is 52.0 Å². The number of hydrogen-bond acceptors (Lipinski definition) is 4. The van der Waals surface area contributed by atoms with Gasteiger partial charge in [-0.25, -0.2) is 0 Å². The van der Waals surface area contributed by atoms with Gasteiger partial charge in [0.25, 0.3) is 0 Å². The predicted molar refractivity (Wildman–Crippen MR) is 102 cm³/mol. The van der Waals surface area contributed by atoms with Gasteiger partial charge >= 0.3 is 0 Å². The maximum absolute atomic E-state index is 6.26. The standard InChI is InChI=1S/C22H34O4/c1-5-21(11-23-12-21)15-25-17(3)19-9-7-8-10-20(19)18(4)26-16-22(6-2)13-24-14-22/h7-10,17-18H,5-6,11-16H2,1-4H3. The lowest BCUT2D eigenvalue weighted by Crippen LogP contribution is -2.46. The molecule has 2 heterocycles. The molecule has 2 atom stereocenters. The Morgan fingerprint density at radius 1 is 0.808 bits per heavy atom. The Morgan fingerprint density at radius 3 is 1.46 bits per heavy atom. The average molecular weight is 363 g/mol. The maximum Gasteiger partial charge on any atom is 0.0800 e. The monoisotopic (exact) mass is 362 g/mol.